The van der Waals surface area contributed by atoms with Crippen LogP contribution in [-0.4, -0.2) is 0 Å². The number of hydrogen-bond acceptors (Lipinski definition) is 1. The summed E-state index contributed by atoms with van der Waals surface area (Å²) in [5, 5.41) is 4.28. The lowest BCUT2D eigenvalue weighted by atomic mass is 10.0. The van der Waals surface area contributed by atoms with Crippen molar-refractivity contribution in [2.45, 2.75) is 32.2 Å². The first-order chi connectivity index (χ1) is 9.63. The van der Waals surface area contributed by atoms with Crippen molar-refractivity contribution in [2.24, 2.45) is 0 Å². The minimum atomic E-state index is 0.276. The lowest BCUT2D eigenvalue weighted by Gasteiger charge is -2.18. The number of anilines is 1. The summed E-state index contributed by atoms with van der Waals surface area (Å²) in [5.74, 6) is 0. The number of halogens is 2. The quantitative estimate of drug-likeness (QED) is 0.741. The Kier molecular flexibility index (Phi) is 4.04. The van der Waals surface area contributed by atoms with Gasteiger partial charge in [0.2, 0.25) is 0 Å². The summed E-state index contributed by atoms with van der Waals surface area (Å²) in [4.78, 5) is 0. The molecule has 1 aliphatic rings. The van der Waals surface area contributed by atoms with Crippen LogP contribution in [0.2, 0.25) is 5.02 Å². The summed E-state index contributed by atoms with van der Waals surface area (Å²) < 4.78 is 0.998. The van der Waals surface area contributed by atoms with Gasteiger partial charge in [0.05, 0.1) is 0 Å². The zero-order chi connectivity index (χ0) is 14.1. The van der Waals surface area contributed by atoms with Gasteiger partial charge in [-0.3, -0.25) is 0 Å². The van der Waals surface area contributed by atoms with Gasteiger partial charge in [0.1, 0.15) is 0 Å². The molecule has 0 amide bonds. The first-order valence-electron chi connectivity index (χ1n) is 6.97. The van der Waals surface area contributed by atoms with E-state index in [0.29, 0.717) is 0 Å². The zero-order valence-electron chi connectivity index (χ0n) is 11.4. The predicted molar refractivity (Wildman–Crippen MR) is 89.7 cm³/mol. The molecule has 3 rings (SSSR count). The van der Waals surface area contributed by atoms with Gasteiger partial charge in [-0.1, -0.05) is 29.8 Å². The normalized spacial score (nSPS) is 14.9. The molecule has 0 radical (unpaired) electrons. The molecule has 1 N–H and O–H groups in total. The topological polar surface area (TPSA) is 12.0 Å². The molecule has 1 nitrogen and oxygen atoms in total. The molecule has 0 aromatic heterocycles. The van der Waals surface area contributed by atoms with Gasteiger partial charge in [-0.2, -0.15) is 0 Å². The van der Waals surface area contributed by atoms with Gasteiger partial charge >= 0.3 is 0 Å². The number of nitrogens with one attached hydrogen (secondary N) is 1. The van der Waals surface area contributed by atoms with Gasteiger partial charge in [-0.15, -0.1) is 0 Å². The van der Waals surface area contributed by atoms with E-state index in [1.54, 1.807) is 0 Å². The molecular weight excluding hydrogens is 334 g/mol. The van der Waals surface area contributed by atoms with Crippen LogP contribution >= 0.6 is 27.5 Å². The highest BCUT2D eigenvalue weighted by atomic mass is 79.9. The molecule has 2 aromatic carbocycles. The fraction of sp³-hybridized carbons (Fsp3) is 0.294. The second-order valence-corrected chi connectivity index (χ2v) is 6.66. The maximum atomic E-state index is 5.98. The maximum absolute atomic E-state index is 5.98. The monoisotopic (exact) mass is 349 g/mol. The number of fused-ring (bicyclic) bond motifs is 1. The third kappa shape index (κ3) is 2.87. The van der Waals surface area contributed by atoms with Crippen LogP contribution in [0.4, 0.5) is 5.69 Å². The SMILES string of the molecule is CC(Nc1ccc(Cl)cc1Br)c1ccc2c(c1)CCC2. The van der Waals surface area contributed by atoms with E-state index in [2.05, 4.69) is 46.4 Å². The molecule has 1 unspecified atom stereocenters. The molecule has 0 heterocycles. The van der Waals surface area contributed by atoms with Crippen molar-refractivity contribution in [1.82, 2.24) is 0 Å². The minimum Gasteiger partial charge on any atom is -0.378 e. The lowest BCUT2D eigenvalue weighted by Crippen LogP contribution is -2.07. The summed E-state index contributed by atoms with van der Waals surface area (Å²) in [6.07, 6.45) is 3.75. The van der Waals surface area contributed by atoms with E-state index < -0.39 is 0 Å². The molecule has 0 bridgehead atoms. The summed E-state index contributed by atoms with van der Waals surface area (Å²) in [7, 11) is 0. The zero-order valence-corrected chi connectivity index (χ0v) is 13.8. The van der Waals surface area contributed by atoms with Crippen LogP contribution in [-0.2, 0) is 12.8 Å². The Labute approximate surface area is 133 Å². The Hall–Kier alpha value is -0.990. The van der Waals surface area contributed by atoms with Gasteiger partial charge in [-0.25, -0.2) is 0 Å². The molecule has 0 fully saturated rings. The Morgan fingerprint density at radius 2 is 1.90 bits per heavy atom. The molecule has 1 aliphatic carbocycles. The lowest BCUT2D eigenvalue weighted by molar-refractivity contribution is 0.878. The van der Waals surface area contributed by atoms with Gasteiger partial charge in [0.15, 0.2) is 0 Å². The van der Waals surface area contributed by atoms with E-state index in [-0.39, 0.29) is 6.04 Å². The smallest absolute Gasteiger partial charge is 0.0490 e. The van der Waals surface area contributed by atoms with Crippen LogP contribution in [0.15, 0.2) is 40.9 Å². The summed E-state index contributed by atoms with van der Waals surface area (Å²) in [6.45, 7) is 2.19. The molecule has 3 heteroatoms. The average Bonchev–Trinajstić information content (AvgIpc) is 2.89. The van der Waals surface area contributed by atoms with Crippen molar-refractivity contribution >= 4 is 33.2 Å². The van der Waals surface area contributed by atoms with Crippen LogP contribution in [0.5, 0.6) is 0 Å². The second kappa shape index (κ2) is 5.79. The highest BCUT2D eigenvalue weighted by molar-refractivity contribution is 9.10. The number of hydrogen-bond donors (Lipinski definition) is 1. The van der Waals surface area contributed by atoms with Crippen molar-refractivity contribution in [3.8, 4) is 0 Å². The Morgan fingerprint density at radius 1 is 1.10 bits per heavy atom. The van der Waals surface area contributed by atoms with E-state index in [9.17, 15) is 0 Å². The van der Waals surface area contributed by atoms with Crippen LogP contribution in [0.1, 0.15) is 36.1 Å². The Balaban J connectivity index is 1.80. The summed E-state index contributed by atoms with van der Waals surface area (Å²) in [6, 6.07) is 13.0. The van der Waals surface area contributed by atoms with Gasteiger partial charge < -0.3 is 5.32 Å². The van der Waals surface area contributed by atoms with Gasteiger partial charge in [-0.05, 0) is 77.0 Å². The molecule has 0 saturated heterocycles. The van der Waals surface area contributed by atoms with Crippen molar-refractivity contribution in [3.63, 3.8) is 0 Å². The Morgan fingerprint density at radius 3 is 2.70 bits per heavy atom. The second-order valence-electron chi connectivity index (χ2n) is 5.37. The van der Waals surface area contributed by atoms with Crippen LogP contribution in [0.25, 0.3) is 0 Å². The minimum absolute atomic E-state index is 0.276. The molecule has 0 saturated carbocycles. The van der Waals surface area contributed by atoms with E-state index in [1.165, 1.54) is 36.0 Å². The molecular formula is C17H17BrClN. The average molecular weight is 351 g/mol. The van der Waals surface area contributed by atoms with Crippen molar-refractivity contribution < 1.29 is 0 Å². The predicted octanol–water partition coefficient (Wildman–Crippen LogP) is 5.76. The molecule has 1 atom stereocenters. The fourth-order valence-electron chi connectivity index (χ4n) is 2.78. The largest absolute Gasteiger partial charge is 0.378 e. The van der Waals surface area contributed by atoms with Crippen LogP contribution < -0.4 is 5.32 Å². The standard InChI is InChI=1S/C17H17BrClN/c1-11(20-17-8-7-15(19)10-16(17)18)13-6-5-12-3-2-4-14(12)9-13/h5-11,20H,2-4H2,1H3. The fourth-order valence-corrected chi connectivity index (χ4v) is 3.58. The first-order valence-corrected chi connectivity index (χ1v) is 8.14. The highest BCUT2D eigenvalue weighted by Gasteiger charge is 2.14. The van der Waals surface area contributed by atoms with E-state index in [0.717, 1.165) is 15.2 Å². The number of rotatable bonds is 3. The van der Waals surface area contributed by atoms with Gasteiger partial charge in [0, 0.05) is 21.2 Å². The summed E-state index contributed by atoms with van der Waals surface area (Å²) >= 11 is 9.53. The maximum Gasteiger partial charge on any atom is 0.0490 e. The number of benzene rings is 2. The number of aryl methyl sites for hydroxylation is 2. The van der Waals surface area contributed by atoms with E-state index in [1.807, 2.05) is 18.2 Å². The van der Waals surface area contributed by atoms with Crippen molar-refractivity contribution in [1.29, 1.82) is 0 Å². The first kappa shape index (κ1) is 14.0. The van der Waals surface area contributed by atoms with Crippen molar-refractivity contribution in [2.75, 3.05) is 5.32 Å². The third-order valence-corrected chi connectivity index (χ3v) is 4.82. The van der Waals surface area contributed by atoms with Crippen LogP contribution in [0.3, 0.4) is 0 Å². The molecule has 104 valence electrons. The molecule has 0 spiro atoms. The molecule has 20 heavy (non-hydrogen) atoms. The Bertz CT molecular complexity index is 639. The van der Waals surface area contributed by atoms with Crippen LogP contribution in [0, 0.1) is 0 Å². The van der Waals surface area contributed by atoms with Gasteiger partial charge in [0.25, 0.3) is 0 Å². The third-order valence-electron chi connectivity index (χ3n) is 3.93. The molecule has 2 aromatic rings. The summed E-state index contributed by atoms with van der Waals surface area (Å²) in [5.41, 5.74) is 5.45. The van der Waals surface area contributed by atoms with Crippen molar-refractivity contribution in [3.05, 3.63) is 62.6 Å². The van der Waals surface area contributed by atoms with E-state index in [4.69, 9.17) is 11.6 Å². The van der Waals surface area contributed by atoms with E-state index >= 15 is 0 Å². The molecule has 0 aliphatic heterocycles. The highest BCUT2D eigenvalue weighted by Crippen LogP contribution is 2.31.